The maximum Gasteiger partial charge on any atom is 0.287 e. The summed E-state index contributed by atoms with van der Waals surface area (Å²) in [5, 5.41) is 2.02. The van der Waals surface area contributed by atoms with Gasteiger partial charge in [-0.25, -0.2) is 4.39 Å². The second-order valence-corrected chi connectivity index (χ2v) is 5.81. The van der Waals surface area contributed by atoms with E-state index in [2.05, 4.69) is 0 Å². The molecular formula is C12H12FN3O3S. The average Bonchev–Trinajstić information content (AvgIpc) is 2.94. The molecule has 1 saturated heterocycles. The maximum absolute atomic E-state index is 15.0. The molecule has 0 aliphatic carbocycles. The van der Waals surface area contributed by atoms with Crippen molar-refractivity contribution < 1.29 is 18.8 Å². The standard InChI is InChI=1S/C12H12FN3O3S/c1-15-8(17)2-3-12(13,11(15)19)16-4-6-7(10(16)18)5-20-9(6)14/h5H,2-4,14H2,1H3/t12-/m0/s1. The van der Waals surface area contributed by atoms with Crippen LogP contribution in [0.5, 0.6) is 0 Å². The number of fused-ring (bicyclic) bond motifs is 1. The van der Waals surface area contributed by atoms with Gasteiger partial charge in [0.15, 0.2) is 0 Å². The van der Waals surface area contributed by atoms with Crippen molar-refractivity contribution in [3.8, 4) is 0 Å². The predicted octanol–water partition coefficient (Wildman–Crippen LogP) is 0.731. The first-order chi connectivity index (χ1) is 9.36. The summed E-state index contributed by atoms with van der Waals surface area (Å²) in [6.07, 6.45) is -0.417. The summed E-state index contributed by atoms with van der Waals surface area (Å²) in [5.41, 5.74) is 6.64. The number of hydrogen-bond donors (Lipinski definition) is 1. The number of nitrogens with two attached hydrogens (primary N) is 1. The van der Waals surface area contributed by atoms with Gasteiger partial charge in [0.25, 0.3) is 17.6 Å². The zero-order chi connectivity index (χ0) is 14.7. The van der Waals surface area contributed by atoms with Gasteiger partial charge in [-0.2, -0.15) is 0 Å². The topological polar surface area (TPSA) is 83.7 Å². The smallest absolute Gasteiger partial charge is 0.287 e. The Morgan fingerprint density at radius 2 is 2.10 bits per heavy atom. The lowest BCUT2D eigenvalue weighted by Gasteiger charge is -2.38. The highest BCUT2D eigenvalue weighted by atomic mass is 32.1. The molecule has 0 radical (unpaired) electrons. The monoisotopic (exact) mass is 297 g/mol. The van der Waals surface area contributed by atoms with Crippen molar-refractivity contribution in [1.29, 1.82) is 0 Å². The quantitative estimate of drug-likeness (QED) is 0.612. The molecule has 2 aliphatic heterocycles. The lowest BCUT2D eigenvalue weighted by atomic mass is 10.00. The Labute approximate surface area is 117 Å². The maximum atomic E-state index is 15.0. The number of thiophene rings is 1. The number of carbonyl (C=O) groups is 3. The molecule has 2 N–H and O–H groups in total. The van der Waals surface area contributed by atoms with Crippen LogP contribution in [0, 0.1) is 0 Å². The fourth-order valence-corrected chi connectivity index (χ4v) is 3.37. The van der Waals surface area contributed by atoms with Gasteiger partial charge in [-0.1, -0.05) is 0 Å². The number of halogens is 1. The Morgan fingerprint density at radius 1 is 1.40 bits per heavy atom. The third kappa shape index (κ3) is 1.51. The van der Waals surface area contributed by atoms with Crippen molar-refractivity contribution in [2.24, 2.45) is 0 Å². The number of imide groups is 1. The van der Waals surface area contributed by atoms with Crippen LogP contribution in [0.3, 0.4) is 0 Å². The molecule has 0 bridgehead atoms. The van der Waals surface area contributed by atoms with E-state index in [0.29, 0.717) is 16.1 Å². The number of alkyl halides is 1. The summed E-state index contributed by atoms with van der Waals surface area (Å²) in [5.74, 6) is -4.45. The lowest BCUT2D eigenvalue weighted by molar-refractivity contribution is -0.168. The molecular weight excluding hydrogens is 285 g/mol. The van der Waals surface area contributed by atoms with Crippen molar-refractivity contribution in [1.82, 2.24) is 9.80 Å². The largest absolute Gasteiger partial charge is 0.390 e. The van der Waals surface area contributed by atoms with Gasteiger partial charge in [0.05, 0.1) is 17.1 Å². The van der Waals surface area contributed by atoms with Crippen LogP contribution in [0.15, 0.2) is 5.38 Å². The number of likely N-dealkylation sites (N-methyl/N-ethyl adjacent to an activating group) is 1. The zero-order valence-electron chi connectivity index (χ0n) is 10.7. The van der Waals surface area contributed by atoms with Crippen LogP contribution in [0.1, 0.15) is 28.8 Å². The van der Waals surface area contributed by atoms with Gasteiger partial charge in [0.1, 0.15) is 0 Å². The summed E-state index contributed by atoms with van der Waals surface area (Å²) in [6, 6.07) is 0. The van der Waals surface area contributed by atoms with E-state index < -0.39 is 23.5 Å². The average molecular weight is 297 g/mol. The molecule has 2 aliphatic rings. The first-order valence-corrected chi connectivity index (χ1v) is 6.92. The molecule has 0 spiro atoms. The zero-order valence-corrected chi connectivity index (χ0v) is 11.5. The van der Waals surface area contributed by atoms with Gasteiger partial charge in [-0.3, -0.25) is 24.2 Å². The number of piperidine rings is 1. The van der Waals surface area contributed by atoms with E-state index in [-0.39, 0.29) is 19.4 Å². The van der Waals surface area contributed by atoms with Crippen molar-refractivity contribution in [2.75, 3.05) is 12.8 Å². The number of carbonyl (C=O) groups excluding carboxylic acids is 3. The molecule has 1 aromatic heterocycles. The number of rotatable bonds is 1. The van der Waals surface area contributed by atoms with Crippen molar-refractivity contribution in [3.05, 3.63) is 16.5 Å². The Bertz CT molecular complexity index is 644. The fraction of sp³-hybridized carbons (Fsp3) is 0.417. The number of amides is 3. The SMILES string of the molecule is CN1C(=O)CC[C@](F)(N2Cc3c(csc3N)C2=O)C1=O. The second kappa shape index (κ2) is 4.02. The van der Waals surface area contributed by atoms with Crippen LogP contribution >= 0.6 is 11.3 Å². The van der Waals surface area contributed by atoms with Crippen LogP contribution in [0.4, 0.5) is 9.39 Å². The number of nitrogens with zero attached hydrogens (tertiary/aromatic N) is 2. The Balaban J connectivity index is 1.96. The number of nitrogen functional groups attached to an aromatic ring is 1. The van der Waals surface area contributed by atoms with Gasteiger partial charge in [0.2, 0.25) is 5.91 Å². The van der Waals surface area contributed by atoms with Crippen LogP contribution in [-0.4, -0.2) is 40.4 Å². The summed E-state index contributed by atoms with van der Waals surface area (Å²) in [7, 11) is 1.22. The normalized spacial score (nSPS) is 26.4. The van der Waals surface area contributed by atoms with Gasteiger partial charge in [-0.05, 0) is 0 Å². The lowest BCUT2D eigenvalue weighted by Crippen LogP contribution is -2.60. The van der Waals surface area contributed by atoms with E-state index in [4.69, 9.17) is 5.73 Å². The van der Waals surface area contributed by atoms with E-state index in [1.165, 1.54) is 18.4 Å². The molecule has 1 aromatic rings. The second-order valence-electron chi connectivity index (χ2n) is 4.90. The number of hydrogen-bond acceptors (Lipinski definition) is 5. The fourth-order valence-electron chi connectivity index (χ4n) is 2.57. The van der Waals surface area contributed by atoms with Crippen LogP contribution in [0.25, 0.3) is 0 Å². The molecule has 20 heavy (non-hydrogen) atoms. The predicted molar refractivity (Wildman–Crippen MR) is 69.5 cm³/mol. The van der Waals surface area contributed by atoms with Gasteiger partial charge < -0.3 is 5.73 Å². The van der Waals surface area contributed by atoms with Crippen LogP contribution < -0.4 is 5.73 Å². The molecule has 3 amide bonds. The third-order valence-electron chi connectivity index (χ3n) is 3.82. The van der Waals surface area contributed by atoms with E-state index in [9.17, 15) is 14.4 Å². The van der Waals surface area contributed by atoms with Gasteiger partial charge >= 0.3 is 0 Å². The molecule has 1 fully saturated rings. The van der Waals surface area contributed by atoms with Gasteiger partial charge in [-0.15, -0.1) is 11.3 Å². The summed E-state index contributed by atoms with van der Waals surface area (Å²) >= 11 is 1.22. The molecule has 0 unspecified atom stereocenters. The summed E-state index contributed by atoms with van der Waals surface area (Å²) in [4.78, 5) is 37.3. The summed E-state index contributed by atoms with van der Waals surface area (Å²) in [6.45, 7) is -0.0340. The molecule has 106 valence electrons. The van der Waals surface area contributed by atoms with Crippen molar-refractivity contribution in [2.45, 2.75) is 25.2 Å². The third-order valence-corrected chi connectivity index (χ3v) is 4.68. The number of likely N-dealkylation sites (tertiary alicyclic amines) is 1. The minimum absolute atomic E-state index is 0.0340. The van der Waals surface area contributed by atoms with Gasteiger partial charge in [0, 0.05) is 30.8 Å². The minimum atomic E-state index is -2.47. The Kier molecular flexibility index (Phi) is 2.62. The van der Waals surface area contributed by atoms with Crippen LogP contribution in [-0.2, 0) is 16.1 Å². The summed E-state index contributed by atoms with van der Waals surface area (Å²) < 4.78 is 15.0. The molecule has 6 nitrogen and oxygen atoms in total. The van der Waals surface area contributed by atoms with Crippen LogP contribution in [0.2, 0.25) is 0 Å². The Morgan fingerprint density at radius 3 is 2.75 bits per heavy atom. The van der Waals surface area contributed by atoms with E-state index in [1.807, 2.05) is 0 Å². The minimum Gasteiger partial charge on any atom is -0.390 e. The highest BCUT2D eigenvalue weighted by Crippen LogP contribution is 2.40. The first kappa shape index (κ1) is 13.0. The molecule has 0 aromatic carbocycles. The molecule has 8 heteroatoms. The van der Waals surface area contributed by atoms with E-state index in [1.54, 1.807) is 5.38 Å². The van der Waals surface area contributed by atoms with Crippen molar-refractivity contribution >= 4 is 34.1 Å². The Hall–Kier alpha value is -1.96. The van der Waals surface area contributed by atoms with E-state index >= 15 is 4.39 Å². The van der Waals surface area contributed by atoms with Crippen molar-refractivity contribution in [3.63, 3.8) is 0 Å². The number of anilines is 1. The van der Waals surface area contributed by atoms with E-state index in [0.717, 1.165) is 9.80 Å². The molecule has 0 saturated carbocycles. The molecule has 3 rings (SSSR count). The molecule has 1 atom stereocenters. The molecule has 3 heterocycles. The first-order valence-electron chi connectivity index (χ1n) is 6.04. The highest BCUT2D eigenvalue weighted by molar-refractivity contribution is 7.14. The highest BCUT2D eigenvalue weighted by Gasteiger charge is 2.55.